The van der Waals surface area contributed by atoms with Gasteiger partial charge in [0.25, 0.3) is 0 Å². The number of alkyl halides is 3. The number of benzene rings is 1. The summed E-state index contributed by atoms with van der Waals surface area (Å²) < 4.78 is 44.3. The van der Waals surface area contributed by atoms with E-state index in [0.29, 0.717) is 17.8 Å². The van der Waals surface area contributed by atoms with Crippen LogP contribution in [0.4, 0.5) is 18.9 Å². The highest BCUT2D eigenvalue weighted by Gasteiger charge is 2.42. The summed E-state index contributed by atoms with van der Waals surface area (Å²) >= 11 is 0. The van der Waals surface area contributed by atoms with E-state index >= 15 is 0 Å². The molecule has 1 aliphatic heterocycles. The van der Waals surface area contributed by atoms with Crippen LogP contribution in [-0.2, 0) is 9.22 Å². The Kier molecular flexibility index (Phi) is 6.09. The largest absolute Gasteiger partial charge is 0.415 e. The summed E-state index contributed by atoms with van der Waals surface area (Å²) in [5.74, 6) is -0.914. The minimum Gasteiger partial charge on any atom is -0.415 e. The first kappa shape index (κ1) is 19.0. The first-order valence-corrected chi connectivity index (χ1v) is 11.0. The van der Waals surface area contributed by atoms with Crippen LogP contribution in [0, 0.1) is 0 Å². The van der Waals surface area contributed by atoms with Crippen LogP contribution in [0.3, 0.4) is 0 Å². The van der Waals surface area contributed by atoms with E-state index in [4.69, 9.17) is 4.43 Å². The standard InChI is InChI=1S/C17H24F3NO2Si/c1-14-8-6-7-11-23-24(14,2)13-21(15-9-4-3-5-10-15)16(22)12-17(18,19)20/h3-5,9-10,14H,6-8,11-13H2,1-2H3. The van der Waals surface area contributed by atoms with Crippen molar-refractivity contribution in [2.24, 2.45) is 0 Å². The number of halogens is 3. The third-order valence-corrected chi connectivity index (χ3v) is 8.88. The van der Waals surface area contributed by atoms with Gasteiger partial charge in [-0.3, -0.25) is 4.79 Å². The van der Waals surface area contributed by atoms with E-state index in [-0.39, 0.29) is 6.17 Å². The van der Waals surface area contributed by atoms with E-state index in [2.05, 4.69) is 6.92 Å². The van der Waals surface area contributed by atoms with E-state index in [9.17, 15) is 18.0 Å². The number of para-hydroxylation sites is 1. The van der Waals surface area contributed by atoms with Crippen LogP contribution in [0.15, 0.2) is 30.3 Å². The van der Waals surface area contributed by atoms with Crippen LogP contribution in [0.2, 0.25) is 12.1 Å². The second-order valence-electron chi connectivity index (χ2n) is 6.67. The van der Waals surface area contributed by atoms with Gasteiger partial charge in [-0.15, -0.1) is 0 Å². The van der Waals surface area contributed by atoms with E-state index in [1.165, 1.54) is 4.90 Å². The lowest BCUT2D eigenvalue weighted by atomic mass is 10.2. The van der Waals surface area contributed by atoms with Gasteiger partial charge in [0.15, 0.2) is 0 Å². The molecule has 2 rings (SSSR count). The zero-order chi connectivity index (χ0) is 17.8. The molecule has 0 aromatic heterocycles. The molecule has 0 radical (unpaired) electrons. The smallest absolute Gasteiger partial charge is 0.397 e. The Bertz CT molecular complexity index is 553. The maximum Gasteiger partial charge on any atom is 0.397 e. The van der Waals surface area contributed by atoms with Crippen molar-refractivity contribution in [2.75, 3.05) is 17.7 Å². The summed E-state index contributed by atoms with van der Waals surface area (Å²) in [4.78, 5) is 13.6. The number of hydrogen-bond donors (Lipinski definition) is 0. The van der Waals surface area contributed by atoms with Gasteiger partial charge < -0.3 is 9.33 Å². The Hall–Kier alpha value is -1.34. The second-order valence-corrected chi connectivity index (χ2v) is 10.9. The highest BCUT2D eigenvalue weighted by Crippen LogP contribution is 2.34. The van der Waals surface area contributed by atoms with Gasteiger partial charge in [0.1, 0.15) is 6.42 Å². The average Bonchev–Trinajstić information content (AvgIpc) is 2.66. The van der Waals surface area contributed by atoms with Crippen LogP contribution in [0.5, 0.6) is 0 Å². The van der Waals surface area contributed by atoms with Crippen LogP contribution in [-0.4, -0.2) is 33.2 Å². The summed E-state index contributed by atoms with van der Waals surface area (Å²) in [5, 5.41) is 0. The number of rotatable bonds is 4. The minimum atomic E-state index is -4.51. The van der Waals surface area contributed by atoms with E-state index < -0.39 is 26.8 Å². The van der Waals surface area contributed by atoms with Crippen molar-refractivity contribution in [2.45, 2.75) is 50.9 Å². The van der Waals surface area contributed by atoms with Gasteiger partial charge in [0.2, 0.25) is 14.2 Å². The molecule has 134 valence electrons. The van der Waals surface area contributed by atoms with Crippen molar-refractivity contribution in [1.29, 1.82) is 0 Å². The Labute approximate surface area is 141 Å². The molecule has 0 saturated carbocycles. The fourth-order valence-corrected chi connectivity index (χ4v) is 6.12. The summed E-state index contributed by atoms with van der Waals surface area (Å²) in [6.07, 6.45) is -2.67. The molecule has 2 atom stereocenters. The van der Waals surface area contributed by atoms with Crippen LogP contribution < -0.4 is 4.90 Å². The maximum absolute atomic E-state index is 12.7. The number of anilines is 1. The van der Waals surface area contributed by atoms with Gasteiger partial charge in [0.05, 0.1) is 0 Å². The van der Waals surface area contributed by atoms with Crippen LogP contribution >= 0.6 is 0 Å². The molecule has 1 aromatic carbocycles. The minimum absolute atomic E-state index is 0.257. The molecular formula is C17H24F3NO2Si. The fraction of sp³-hybridized carbons (Fsp3) is 0.588. The van der Waals surface area contributed by atoms with Crippen molar-refractivity contribution < 1.29 is 22.4 Å². The zero-order valence-electron chi connectivity index (χ0n) is 14.1. The molecule has 0 aliphatic carbocycles. The number of nitrogens with zero attached hydrogens (tertiary/aromatic N) is 1. The normalized spacial score (nSPS) is 25.1. The molecule has 1 saturated heterocycles. The van der Waals surface area contributed by atoms with Gasteiger partial charge in [-0.2, -0.15) is 13.2 Å². The Balaban J connectivity index is 2.27. The molecule has 0 spiro atoms. The molecule has 1 aromatic rings. The third-order valence-electron chi connectivity index (χ3n) is 4.70. The number of hydrogen-bond acceptors (Lipinski definition) is 2. The zero-order valence-corrected chi connectivity index (χ0v) is 15.1. The van der Waals surface area contributed by atoms with E-state index in [1.54, 1.807) is 30.3 Å². The van der Waals surface area contributed by atoms with Gasteiger partial charge in [-0.25, -0.2) is 0 Å². The molecule has 1 fully saturated rings. The Morgan fingerprint density at radius 3 is 2.58 bits per heavy atom. The van der Waals surface area contributed by atoms with Gasteiger partial charge in [-0.05, 0) is 30.6 Å². The number of carbonyl (C=O) groups excluding carboxylic acids is 1. The number of amides is 1. The lowest BCUT2D eigenvalue weighted by Crippen LogP contribution is -2.52. The Morgan fingerprint density at radius 2 is 1.96 bits per heavy atom. The SMILES string of the molecule is CC1CCCCO[Si]1(C)CN(C(=O)CC(F)(F)F)c1ccccc1. The summed E-state index contributed by atoms with van der Waals surface area (Å²) in [6, 6.07) is 8.58. The molecule has 0 bridgehead atoms. The molecule has 3 nitrogen and oxygen atoms in total. The average molecular weight is 359 g/mol. The molecular weight excluding hydrogens is 335 g/mol. The molecule has 1 heterocycles. The molecule has 2 unspecified atom stereocenters. The van der Waals surface area contributed by atoms with Gasteiger partial charge in [-0.1, -0.05) is 38.0 Å². The van der Waals surface area contributed by atoms with Crippen molar-refractivity contribution in [3.63, 3.8) is 0 Å². The first-order valence-electron chi connectivity index (χ1n) is 8.27. The van der Waals surface area contributed by atoms with Crippen molar-refractivity contribution in [3.8, 4) is 0 Å². The first-order chi connectivity index (χ1) is 11.2. The van der Waals surface area contributed by atoms with Crippen molar-refractivity contribution >= 4 is 19.9 Å². The predicted octanol–water partition coefficient (Wildman–Crippen LogP) is 4.68. The number of carbonyl (C=O) groups is 1. The van der Waals surface area contributed by atoms with Crippen LogP contribution in [0.25, 0.3) is 0 Å². The quantitative estimate of drug-likeness (QED) is 0.731. The molecule has 0 N–H and O–H groups in total. The van der Waals surface area contributed by atoms with Crippen molar-refractivity contribution in [3.05, 3.63) is 30.3 Å². The predicted molar refractivity (Wildman–Crippen MR) is 90.3 cm³/mol. The third kappa shape index (κ3) is 5.08. The molecule has 24 heavy (non-hydrogen) atoms. The summed E-state index contributed by atoms with van der Waals surface area (Å²) in [6.45, 7) is 4.75. The molecule has 1 aliphatic rings. The molecule has 1 amide bonds. The van der Waals surface area contributed by atoms with Gasteiger partial charge >= 0.3 is 6.18 Å². The second kappa shape index (κ2) is 7.69. The van der Waals surface area contributed by atoms with E-state index in [0.717, 1.165) is 19.3 Å². The topological polar surface area (TPSA) is 29.5 Å². The lowest BCUT2D eigenvalue weighted by Gasteiger charge is -2.36. The maximum atomic E-state index is 12.7. The molecule has 7 heteroatoms. The highest BCUT2D eigenvalue weighted by atomic mass is 28.4. The van der Waals surface area contributed by atoms with E-state index in [1.807, 2.05) is 6.55 Å². The Morgan fingerprint density at radius 1 is 1.29 bits per heavy atom. The van der Waals surface area contributed by atoms with Crippen LogP contribution in [0.1, 0.15) is 32.6 Å². The monoisotopic (exact) mass is 359 g/mol. The lowest BCUT2D eigenvalue weighted by molar-refractivity contribution is -0.151. The summed E-state index contributed by atoms with van der Waals surface area (Å²) in [7, 11) is -2.34. The van der Waals surface area contributed by atoms with Gasteiger partial charge in [0, 0.05) is 18.5 Å². The highest BCUT2D eigenvalue weighted by molar-refractivity contribution is 6.75. The summed E-state index contributed by atoms with van der Waals surface area (Å²) in [5.41, 5.74) is 0.797. The van der Waals surface area contributed by atoms with Crippen molar-refractivity contribution in [1.82, 2.24) is 0 Å². The fourth-order valence-electron chi connectivity index (χ4n) is 3.02.